The van der Waals surface area contributed by atoms with E-state index in [0.29, 0.717) is 16.8 Å². The molecule has 8 nitrogen and oxygen atoms in total. The molecule has 0 radical (unpaired) electrons. The molecule has 2 atom stereocenters. The zero-order valence-corrected chi connectivity index (χ0v) is 19.3. The minimum atomic E-state index is -0.956. The fourth-order valence-electron chi connectivity index (χ4n) is 4.08. The molecule has 3 aromatic rings. The molecule has 8 heteroatoms. The van der Waals surface area contributed by atoms with Crippen molar-refractivity contribution in [3.8, 4) is 16.9 Å². The number of carbonyl (C=O) groups is 2. The van der Waals surface area contributed by atoms with E-state index in [0.717, 1.165) is 11.1 Å². The Morgan fingerprint density at radius 2 is 1.69 bits per heavy atom. The van der Waals surface area contributed by atoms with E-state index in [-0.39, 0.29) is 31.2 Å². The van der Waals surface area contributed by atoms with Gasteiger partial charge in [-0.05, 0) is 41.0 Å². The highest BCUT2D eigenvalue weighted by molar-refractivity contribution is 6.05. The van der Waals surface area contributed by atoms with Crippen LogP contribution in [0.1, 0.15) is 28.4 Å². The summed E-state index contributed by atoms with van der Waals surface area (Å²) in [5, 5.41) is 26.5. The lowest BCUT2D eigenvalue weighted by atomic mass is 10.0. The molecule has 35 heavy (non-hydrogen) atoms. The minimum Gasteiger partial charge on any atom is -0.508 e. The van der Waals surface area contributed by atoms with Gasteiger partial charge in [-0.25, -0.2) is 0 Å². The van der Waals surface area contributed by atoms with Crippen molar-refractivity contribution in [3.05, 3.63) is 90.0 Å². The lowest BCUT2D eigenvalue weighted by Gasteiger charge is -2.24. The van der Waals surface area contributed by atoms with Gasteiger partial charge in [0, 0.05) is 18.5 Å². The first-order valence-electron chi connectivity index (χ1n) is 11.3. The Kier molecular flexibility index (Phi) is 7.42. The summed E-state index contributed by atoms with van der Waals surface area (Å²) < 4.78 is 0. The Balaban J connectivity index is 1.46. The number of likely N-dealkylation sites (tertiary alicyclic amines) is 1. The van der Waals surface area contributed by atoms with Gasteiger partial charge in [0.15, 0.2) is 0 Å². The zero-order chi connectivity index (χ0) is 24.8. The minimum absolute atomic E-state index is 0.0370. The van der Waals surface area contributed by atoms with Gasteiger partial charge in [0.2, 0.25) is 5.91 Å². The second-order valence-corrected chi connectivity index (χ2v) is 8.29. The number of amides is 2. The normalized spacial score (nSPS) is 17.3. The van der Waals surface area contributed by atoms with Crippen molar-refractivity contribution in [1.82, 2.24) is 10.2 Å². The SMILES string of the molecule is CON=C1CC(C(=O)NCC(O)c2ccc(O)cc2)N(C(=O)c2ccc(-c3ccccc3)cc2)C1. The molecule has 3 N–H and O–H groups in total. The summed E-state index contributed by atoms with van der Waals surface area (Å²) in [7, 11) is 1.42. The number of carbonyl (C=O) groups excluding carboxylic acids is 2. The maximum absolute atomic E-state index is 13.3. The van der Waals surface area contributed by atoms with Crippen LogP contribution in [0.15, 0.2) is 84.0 Å². The number of phenols is 1. The van der Waals surface area contributed by atoms with E-state index in [1.165, 1.54) is 24.1 Å². The number of hydrogen-bond donors (Lipinski definition) is 3. The number of aliphatic hydroxyl groups excluding tert-OH is 1. The Bertz CT molecular complexity index is 1190. The molecule has 0 bridgehead atoms. The van der Waals surface area contributed by atoms with Crippen LogP contribution in [-0.2, 0) is 9.63 Å². The van der Waals surface area contributed by atoms with Gasteiger partial charge in [-0.3, -0.25) is 9.59 Å². The first kappa shape index (κ1) is 24.0. The van der Waals surface area contributed by atoms with Crippen LogP contribution in [0.4, 0.5) is 0 Å². The molecule has 2 unspecified atom stereocenters. The third-order valence-corrected chi connectivity index (χ3v) is 5.93. The summed E-state index contributed by atoms with van der Waals surface area (Å²) in [6.07, 6.45) is -0.717. The van der Waals surface area contributed by atoms with Crippen molar-refractivity contribution < 1.29 is 24.6 Å². The Morgan fingerprint density at radius 1 is 1.03 bits per heavy atom. The number of nitrogens with zero attached hydrogens (tertiary/aromatic N) is 2. The van der Waals surface area contributed by atoms with E-state index in [1.54, 1.807) is 24.3 Å². The van der Waals surface area contributed by atoms with Gasteiger partial charge in [-0.15, -0.1) is 0 Å². The molecule has 0 spiro atoms. The number of aliphatic hydroxyl groups is 1. The molecular formula is C27H27N3O5. The first-order valence-corrected chi connectivity index (χ1v) is 11.3. The lowest BCUT2D eigenvalue weighted by molar-refractivity contribution is -0.125. The van der Waals surface area contributed by atoms with Gasteiger partial charge in [-0.1, -0.05) is 59.8 Å². The van der Waals surface area contributed by atoms with Gasteiger partial charge in [0.25, 0.3) is 5.91 Å². The highest BCUT2D eigenvalue weighted by Gasteiger charge is 2.38. The van der Waals surface area contributed by atoms with E-state index in [1.807, 2.05) is 42.5 Å². The Hall–Kier alpha value is -4.17. The summed E-state index contributed by atoms with van der Waals surface area (Å²) in [6, 6.07) is 22.4. The number of nitrogens with one attached hydrogen (secondary N) is 1. The molecule has 1 heterocycles. The fourth-order valence-corrected chi connectivity index (χ4v) is 4.08. The molecule has 3 aromatic carbocycles. The number of hydrogen-bond acceptors (Lipinski definition) is 6. The van der Waals surface area contributed by atoms with E-state index in [9.17, 15) is 19.8 Å². The molecule has 0 saturated carbocycles. The second kappa shape index (κ2) is 10.8. The topological polar surface area (TPSA) is 111 Å². The molecule has 4 rings (SSSR count). The molecule has 1 aliphatic rings. The van der Waals surface area contributed by atoms with Gasteiger partial charge in [-0.2, -0.15) is 0 Å². The molecule has 1 fully saturated rings. The molecule has 0 aliphatic carbocycles. The largest absolute Gasteiger partial charge is 0.508 e. The molecule has 1 saturated heterocycles. The smallest absolute Gasteiger partial charge is 0.254 e. The van der Waals surface area contributed by atoms with Crippen molar-refractivity contribution in [2.45, 2.75) is 18.6 Å². The number of aromatic hydroxyl groups is 1. The quantitative estimate of drug-likeness (QED) is 0.457. The summed E-state index contributed by atoms with van der Waals surface area (Å²) in [4.78, 5) is 32.7. The van der Waals surface area contributed by atoms with Crippen LogP contribution in [0.5, 0.6) is 5.75 Å². The number of rotatable bonds is 7. The van der Waals surface area contributed by atoms with Crippen molar-refractivity contribution >= 4 is 17.5 Å². The van der Waals surface area contributed by atoms with Crippen molar-refractivity contribution in [1.29, 1.82) is 0 Å². The van der Waals surface area contributed by atoms with E-state index >= 15 is 0 Å². The molecular weight excluding hydrogens is 446 g/mol. The number of oxime groups is 1. The van der Waals surface area contributed by atoms with Crippen LogP contribution in [0, 0.1) is 0 Å². The van der Waals surface area contributed by atoms with E-state index in [4.69, 9.17) is 4.84 Å². The van der Waals surface area contributed by atoms with Crippen LogP contribution < -0.4 is 5.32 Å². The van der Waals surface area contributed by atoms with Crippen LogP contribution >= 0.6 is 0 Å². The predicted molar refractivity (Wildman–Crippen MR) is 132 cm³/mol. The zero-order valence-electron chi connectivity index (χ0n) is 19.3. The predicted octanol–water partition coefficient (Wildman–Crippen LogP) is 3.13. The van der Waals surface area contributed by atoms with E-state index in [2.05, 4.69) is 10.5 Å². The second-order valence-electron chi connectivity index (χ2n) is 8.29. The van der Waals surface area contributed by atoms with Crippen molar-refractivity contribution in [3.63, 3.8) is 0 Å². The van der Waals surface area contributed by atoms with E-state index < -0.39 is 18.1 Å². The maximum Gasteiger partial charge on any atom is 0.254 e. The highest BCUT2D eigenvalue weighted by atomic mass is 16.6. The van der Waals surface area contributed by atoms with Gasteiger partial charge in [0.05, 0.1) is 18.4 Å². The summed E-state index contributed by atoms with van der Waals surface area (Å²) in [5.74, 6) is -0.588. The standard InChI is InChI=1S/C27H27N3O5/c1-35-29-22-15-24(26(33)28-16-25(32)20-11-13-23(31)14-12-20)30(17-22)27(34)21-9-7-19(8-10-21)18-5-3-2-4-6-18/h2-14,24-25,31-32H,15-17H2,1H3,(H,28,33). The molecule has 1 aliphatic heterocycles. The van der Waals surface area contributed by atoms with Crippen LogP contribution in [-0.4, -0.2) is 58.9 Å². The van der Waals surface area contributed by atoms with Gasteiger partial charge < -0.3 is 25.3 Å². The average Bonchev–Trinajstić information content (AvgIpc) is 3.32. The monoisotopic (exact) mass is 473 g/mol. The Labute approximate surface area is 203 Å². The third kappa shape index (κ3) is 5.67. The van der Waals surface area contributed by atoms with Gasteiger partial charge in [0.1, 0.15) is 18.9 Å². The van der Waals surface area contributed by atoms with Gasteiger partial charge >= 0.3 is 0 Å². The summed E-state index contributed by atoms with van der Waals surface area (Å²) in [5.41, 5.74) is 3.64. The molecule has 0 aromatic heterocycles. The maximum atomic E-state index is 13.3. The average molecular weight is 474 g/mol. The van der Waals surface area contributed by atoms with Crippen molar-refractivity contribution in [2.75, 3.05) is 20.2 Å². The highest BCUT2D eigenvalue weighted by Crippen LogP contribution is 2.23. The first-order chi connectivity index (χ1) is 17.0. The number of benzene rings is 3. The lowest BCUT2D eigenvalue weighted by Crippen LogP contribution is -2.46. The number of phenolic OH excluding ortho intramolecular Hbond substituents is 1. The van der Waals surface area contributed by atoms with Crippen LogP contribution in [0.3, 0.4) is 0 Å². The Morgan fingerprint density at radius 3 is 2.34 bits per heavy atom. The molecule has 2 amide bonds. The molecule has 180 valence electrons. The fraction of sp³-hybridized carbons (Fsp3) is 0.222. The summed E-state index contributed by atoms with van der Waals surface area (Å²) in [6.45, 7) is 0.135. The summed E-state index contributed by atoms with van der Waals surface area (Å²) >= 11 is 0. The van der Waals surface area contributed by atoms with Crippen LogP contribution in [0.25, 0.3) is 11.1 Å². The van der Waals surface area contributed by atoms with Crippen LogP contribution in [0.2, 0.25) is 0 Å². The third-order valence-electron chi connectivity index (χ3n) is 5.93. The van der Waals surface area contributed by atoms with Crippen molar-refractivity contribution in [2.24, 2.45) is 5.16 Å².